The van der Waals surface area contributed by atoms with Crippen molar-refractivity contribution >= 4 is 28.2 Å². The summed E-state index contributed by atoms with van der Waals surface area (Å²) in [5.74, 6) is -3.31. The Bertz CT molecular complexity index is 1740. The predicted molar refractivity (Wildman–Crippen MR) is 162 cm³/mol. The third-order valence-electron chi connectivity index (χ3n) is 7.78. The summed E-state index contributed by atoms with van der Waals surface area (Å²) in [4.78, 5) is 18.6. The van der Waals surface area contributed by atoms with Crippen LogP contribution in [0.1, 0.15) is 66.7 Å². The number of amides is 1. The number of hydrogen-bond donors (Lipinski definition) is 4. The van der Waals surface area contributed by atoms with Crippen LogP contribution in [0.2, 0.25) is 0 Å². The monoisotopic (exact) mass is 597 g/mol. The molecule has 2 aliphatic heterocycles. The second-order valence-electron chi connectivity index (χ2n) is 12.8. The molecule has 3 aromatic rings. The summed E-state index contributed by atoms with van der Waals surface area (Å²) in [6.45, 7) is 5.66. The van der Waals surface area contributed by atoms with E-state index in [0.717, 1.165) is 29.0 Å². The van der Waals surface area contributed by atoms with Gasteiger partial charge in [0.1, 0.15) is 12.1 Å². The summed E-state index contributed by atoms with van der Waals surface area (Å²) in [7, 11) is 0. The van der Waals surface area contributed by atoms with Crippen LogP contribution in [0.15, 0.2) is 54.5 Å². The van der Waals surface area contributed by atoms with Crippen LogP contribution >= 0.6 is 0 Å². The lowest BCUT2D eigenvalue weighted by molar-refractivity contribution is -0.113. The lowest BCUT2D eigenvalue weighted by atomic mass is 9.96. The fourth-order valence-electron chi connectivity index (χ4n) is 5.34. The first-order chi connectivity index (χ1) is 20.9. The number of fused-ring (bicyclic) bond motifs is 1. The molecule has 6 rings (SSSR count). The second kappa shape index (κ2) is 11.0. The predicted octanol–water partition coefficient (Wildman–Crippen LogP) is 5.01. The first-order valence-electron chi connectivity index (χ1n) is 14.5. The molecule has 4 N–H and O–H groups in total. The fourth-order valence-corrected chi connectivity index (χ4v) is 5.34. The van der Waals surface area contributed by atoms with Gasteiger partial charge in [0.15, 0.2) is 0 Å². The Kier molecular flexibility index (Phi) is 7.26. The number of nitrogens with one attached hydrogen (secondary N) is 4. The summed E-state index contributed by atoms with van der Waals surface area (Å²) < 4.78 is 27.0. The van der Waals surface area contributed by atoms with Gasteiger partial charge in [-0.1, -0.05) is 32.9 Å². The second-order valence-corrected chi connectivity index (χ2v) is 12.8. The fraction of sp³-hybridized carbons (Fsp3) is 0.375. The first-order valence-corrected chi connectivity index (χ1v) is 14.5. The highest BCUT2D eigenvalue weighted by Gasteiger charge is 2.46. The summed E-state index contributed by atoms with van der Waals surface area (Å²) in [5, 5.41) is 29.5. The quantitative estimate of drug-likeness (QED) is 0.283. The maximum Gasteiger partial charge on any atom is 0.282 e. The molecule has 1 saturated carbocycles. The molecule has 12 heteroatoms. The zero-order valence-electron chi connectivity index (χ0n) is 24.7. The number of carbonyl (C=O) groups excluding carboxylic acids is 1. The Morgan fingerprint density at radius 2 is 1.91 bits per heavy atom. The van der Waals surface area contributed by atoms with Gasteiger partial charge >= 0.3 is 0 Å². The number of aromatic nitrogens is 1. The highest BCUT2D eigenvalue weighted by molar-refractivity contribution is 5.99. The van der Waals surface area contributed by atoms with E-state index in [4.69, 9.17) is 0 Å². The number of alkyl halides is 2. The smallest absolute Gasteiger partial charge is 0.282 e. The van der Waals surface area contributed by atoms with E-state index >= 15 is 0 Å². The third kappa shape index (κ3) is 5.94. The van der Waals surface area contributed by atoms with Crippen molar-refractivity contribution in [1.82, 2.24) is 25.9 Å². The number of rotatable bonds is 8. The highest BCUT2D eigenvalue weighted by Crippen LogP contribution is 2.36. The van der Waals surface area contributed by atoms with Gasteiger partial charge in [-0.15, -0.1) is 5.53 Å². The molecule has 1 atom stereocenters. The third-order valence-corrected chi connectivity index (χ3v) is 7.78. The van der Waals surface area contributed by atoms with E-state index in [-0.39, 0.29) is 5.41 Å². The van der Waals surface area contributed by atoms with Gasteiger partial charge in [-0.05, 0) is 48.1 Å². The van der Waals surface area contributed by atoms with Gasteiger partial charge in [-0.3, -0.25) is 14.8 Å². The van der Waals surface area contributed by atoms with Gasteiger partial charge < -0.3 is 21.0 Å². The van der Waals surface area contributed by atoms with Crippen LogP contribution in [-0.4, -0.2) is 52.4 Å². The van der Waals surface area contributed by atoms with Crippen molar-refractivity contribution in [3.8, 4) is 12.1 Å². The van der Waals surface area contributed by atoms with Crippen LogP contribution in [0, 0.1) is 28.1 Å². The van der Waals surface area contributed by atoms with Crippen LogP contribution in [0.25, 0.3) is 10.9 Å². The van der Waals surface area contributed by atoms with Gasteiger partial charge in [-0.2, -0.15) is 10.5 Å². The van der Waals surface area contributed by atoms with Crippen LogP contribution in [0.5, 0.6) is 0 Å². The SMILES string of the molecule is CC(C)(C)CNc1c(C#N)cnc2c(C#N)cc(N[C@H](C3=CN(C4CC4)NN3)c3cccc(C(=O)N4CC(F)(F)C4)c3)cc12. The van der Waals surface area contributed by atoms with E-state index in [1.54, 1.807) is 24.3 Å². The van der Waals surface area contributed by atoms with E-state index in [1.165, 1.54) is 6.20 Å². The highest BCUT2D eigenvalue weighted by atomic mass is 19.3. The lowest BCUT2D eigenvalue weighted by Gasteiger charge is -2.38. The van der Waals surface area contributed by atoms with Crippen LogP contribution in [0.4, 0.5) is 20.2 Å². The summed E-state index contributed by atoms with van der Waals surface area (Å²) in [6.07, 6.45) is 5.58. The summed E-state index contributed by atoms with van der Waals surface area (Å²) in [6, 6.07) is 14.8. The van der Waals surface area contributed by atoms with Crippen molar-refractivity contribution in [2.75, 3.05) is 30.3 Å². The molecule has 10 nitrogen and oxygen atoms in total. The molecule has 0 radical (unpaired) electrons. The Morgan fingerprint density at radius 1 is 1.16 bits per heavy atom. The molecule has 226 valence electrons. The van der Waals surface area contributed by atoms with E-state index in [1.807, 2.05) is 23.3 Å². The lowest BCUT2D eigenvalue weighted by Crippen LogP contribution is -2.58. The summed E-state index contributed by atoms with van der Waals surface area (Å²) >= 11 is 0. The molecular formula is C32H33F2N9O. The standard InChI is InChI=1S/C32H33F2N9O/c1-31(2,3)16-38-28-22(13-36)14-37-27-21(12-35)10-23(11-25(27)28)39-29(26-15-43(41-40-26)24-7-8-24)19-5-4-6-20(9-19)30(44)42-17-32(33,34)18-42/h4-6,9-11,14-15,24,29,39-41H,7-8,16-18H2,1-3H3,(H,37,38)/t29-/m0/s1. The van der Waals surface area contributed by atoms with E-state index in [9.17, 15) is 24.1 Å². The van der Waals surface area contributed by atoms with Gasteiger partial charge in [0, 0.05) is 41.6 Å². The van der Waals surface area contributed by atoms with Gasteiger partial charge in [0.2, 0.25) is 0 Å². The average molecular weight is 598 g/mol. The Balaban J connectivity index is 1.40. The molecule has 1 aliphatic carbocycles. The van der Waals surface area contributed by atoms with Gasteiger partial charge in [0.25, 0.3) is 11.8 Å². The van der Waals surface area contributed by atoms with Crippen LogP contribution in [0.3, 0.4) is 0 Å². The van der Waals surface area contributed by atoms with E-state index < -0.39 is 31.0 Å². The Hall–Kier alpha value is -4.94. The number of hydrogen-bond acceptors (Lipinski definition) is 9. The zero-order valence-corrected chi connectivity index (χ0v) is 24.7. The molecule has 3 aliphatic rings. The molecule has 0 bridgehead atoms. The number of anilines is 2. The topological polar surface area (TPSA) is 132 Å². The number of halogens is 2. The maximum absolute atomic E-state index is 13.5. The Labute approximate surface area is 254 Å². The molecule has 0 spiro atoms. The molecule has 1 aromatic heterocycles. The van der Waals surface area contributed by atoms with Crippen molar-refractivity contribution in [2.24, 2.45) is 5.41 Å². The molecule has 1 amide bonds. The number of nitriles is 2. The normalized spacial score (nSPS) is 18.0. The molecular weight excluding hydrogens is 564 g/mol. The van der Waals surface area contributed by atoms with Crippen molar-refractivity contribution in [3.05, 3.63) is 76.7 Å². The number of nitrogens with zero attached hydrogens (tertiary/aromatic N) is 5. The van der Waals surface area contributed by atoms with Crippen molar-refractivity contribution < 1.29 is 13.6 Å². The number of carbonyl (C=O) groups is 1. The molecule has 0 unspecified atom stereocenters. The Morgan fingerprint density at radius 3 is 2.57 bits per heavy atom. The number of benzene rings is 2. The molecule has 2 fully saturated rings. The van der Waals surface area contributed by atoms with Crippen molar-refractivity contribution in [3.63, 3.8) is 0 Å². The van der Waals surface area contributed by atoms with Crippen molar-refractivity contribution in [1.29, 1.82) is 10.5 Å². The van der Waals surface area contributed by atoms with Crippen LogP contribution in [-0.2, 0) is 0 Å². The molecule has 2 aromatic carbocycles. The van der Waals surface area contributed by atoms with Crippen LogP contribution < -0.4 is 21.6 Å². The van der Waals surface area contributed by atoms with Gasteiger partial charge in [0.05, 0.1) is 47.2 Å². The molecule has 3 heterocycles. The minimum atomic E-state index is -2.86. The number of likely N-dealkylation sites (tertiary alicyclic amines) is 1. The summed E-state index contributed by atoms with van der Waals surface area (Å²) in [5.41, 5.74) is 10.5. The molecule has 1 saturated heterocycles. The van der Waals surface area contributed by atoms with E-state index in [0.29, 0.717) is 51.6 Å². The van der Waals surface area contributed by atoms with Crippen molar-refractivity contribution in [2.45, 2.75) is 51.6 Å². The first kappa shape index (κ1) is 29.1. The zero-order chi connectivity index (χ0) is 31.2. The average Bonchev–Trinajstić information content (AvgIpc) is 3.72. The maximum atomic E-state index is 13.5. The number of hydrazine groups is 2. The van der Waals surface area contributed by atoms with Gasteiger partial charge in [-0.25, -0.2) is 8.78 Å². The van der Waals surface area contributed by atoms with E-state index in [2.05, 4.69) is 59.5 Å². The largest absolute Gasteiger partial charge is 0.383 e. The number of pyridine rings is 1. The minimum Gasteiger partial charge on any atom is -0.383 e. The molecule has 44 heavy (non-hydrogen) atoms. The minimum absolute atomic E-state index is 0.0726.